The summed E-state index contributed by atoms with van der Waals surface area (Å²) in [4.78, 5) is 14.1. The molecule has 0 aliphatic carbocycles. The van der Waals surface area contributed by atoms with Crippen LogP contribution in [0.1, 0.15) is 17.7 Å². The third-order valence-corrected chi connectivity index (χ3v) is 3.23. The molecule has 0 atom stereocenters. The Balaban J connectivity index is 2.96. The van der Waals surface area contributed by atoms with Crippen molar-refractivity contribution < 1.29 is 13.2 Å². The molecule has 0 fully saturated rings. The molecule has 1 heterocycles. The Morgan fingerprint density at radius 1 is 1.35 bits per heavy atom. The lowest BCUT2D eigenvalue weighted by molar-refractivity contribution is 0.146. The fourth-order valence-electron chi connectivity index (χ4n) is 1.66. The summed E-state index contributed by atoms with van der Waals surface area (Å²) in [6, 6.07) is 1.97. The van der Waals surface area contributed by atoms with Crippen molar-refractivity contribution >= 4 is 26.8 Å². The van der Waals surface area contributed by atoms with E-state index in [1.165, 1.54) is 6.07 Å². The van der Waals surface area contributed by atoms with Gasteiger partial charge in [-0.2, -0.15) is 0 Å². The van der Waals surface area contributed by atoms with Gasteiger partial charge in [0.05, 0.1) is 21.1 Å². The summed E-state index contributed by atoms with van der Waals surface area (Å²) in [6.45, 7) is 1.54. The van der Waals surface area contributed by atoms with E-state index in [9.17, 15) is 18.0 Å². The maximum absolute atomic E-state index is 13.4. The minimum atomic E-state index is -2.77. The van der Waals surface area contributed by atoms with E-state index in [2.05, 4.69) is 20.9 Å². The summed E-state index contributed by atoms with van der Waals surface area (Å²) in [5.41, 5.74) is -0.478. The van der Waals surface area contributed by atoms with E-state index in [0.29, 0.717) is 5.56 Å². The van der Waals surface area contributed by atoms with E-state index < -0.39 is 23.4 Å². The summed E-state index contributed by atoms with van der Waals surface area (Å²) in [6.07, 6.45) is -2.77. The topological polar surface area (TPSA) is 32.9 Å². The number of hydrogen-bond acceptors (Lipinski definition) is 1. The number of fused-ring (bicyclic) bond motifs is 1. The Bertz CT molecular complexity index is 651. The molecule has 0 amide bonds. The smallest absolute Gasteiger partial charge is 0.278 e. The zero-order valence-corrected chi connectivity index (χ0v) is 10.2. The maximum atomic E-state index is 13.4. The lowest BCUT2D eigenvalue weighted by Gasteiger charge is -2.08. The van der Waals surface area contributed by atoms with Crippen LogP contribution in [-0.4, -0.2) is 4.98 Å². The molecule has 90 valence electrons. The van der Waals surface area contributed by atoms with Gasteiger partial charge in [-0.05, 0) is 34.5 Å². The van der Waals surface area contributed by atoms with Crippen molar-refractivity contribution in [2.75, 3.05) is 0 Å². The van der Waals surface area contributed by atoms with Crippen LogP contribution in [-0.2, 0) is 0 Å². The Labute approximate surface area is 103 Å². The zero-order valence-electron chi connectivity index (χ0n) is 8.65. The molecule has 0 saturated carbocycles. The predicted octanol–water partition coefficient (Wildman–Crippen LogP) is 3.68. The molecule has 1 N–H and O–H groups in total. The maximum Gasteiger partial charge on any atom is 0.278 e. The Kier molecular flexibility index (Phi) is 2.99. The van der Waals surface area contributed by atoms with Gasteiger partial charge in [-0.15, -0.1) is 0 Å². The number of H-pyrrole nitrogens is 1. The molecule has 0 saturated heterocycles. The summed E-state index contributed by atoms with van der Waals surface area (Å²) in [5.74, 6) is -0.592. The number of pyridine rings is 1. The van der Waals surface area contributed by atoms with Crippen LogP contribution in [0.25, 0.3) is 10.9 Å². The number of aromatic nitrogens is 1. The van der Waals surface area contributed by atoms with Gasteiger partial charge in [0.2, 0.25) is 0 Å². The minimum absolute atomic E-state index is 0.0137. The molecule has 0 spiro atoms. The number of aryl methyl sites for hydroxylation is 1. The molecule has 0 radical (unpaired) electrons. The van der Waals surface area contributed by atoms with E-state index in [1.807, 2.05) is 0 Å². The van der Waals surface area contributed by atoms with Crippen LogP contribution in [0.5, 0.6) is 0 Å². The van der Waals surface area contributed by atoms with Gasteiger partial charge in [0.15, 0.2) is 5.43 Å². The van der Waals surface area contributed by atoms with Crippen molar-refractivity contribution in [3.8, 4) is 0 Å². The van der Waals surface area contributed by atoms with Gasteiger partial charge in [0, 0.05) is 6.07 Å². The second-order valence-electron chi connectivity index (χ2n) is 3.63. The standard InChI is InChI=1S/C11H7BrF3NO/c1-4-2-5(13)9(12)8-7(17)3-6(11(14)15)16-10(4)8/h2-3,11H,1H3,(H,16,17). The molecule has 17 heavy (non-hydrogen) atoms. The number of rotatable bonds is 1. The Morgan fingerprint density at radius 3 is 2.59 bits per heavy atom. The lowest BCUT2D eigenvalue weighted by atomic mass is 10.1. The largest absolute Gasteiger partial charge is 0.353 e. The van der Waals surface area contributed by atoms with Crippen LogP contribution in [0.2, 0.25) is 0 Å². The summed E-state index contributed by atoms with van der Waals surface area (Å²) >= 11 is 2.94. The summed E-state index contributed by atoms with van der Waals surface area (Å²) < 4.78 is 38.4. The number of benzene rings is 1. The molecule has 0 aliphatic rings. The average Bonchev–Trinajstić information content (AvgIpc) is 2.25. The fraction of sp³-hybridized carbons (Fsp3) is 0.182. The first-order valence-corrected chi connectivity index (χ1v) is 5.50. The molecular weight excluding hydrogens is 299 g/mol. The first kappa shape index (κ1) is 12.2. The molecule has 0 aliphatic heterocycles. The van der Waals surface area contributed by atoms with E-state index in [1.54, 1.807) is 6.92 Å². The molecular formula is C11H7BrF3NO. The Hall–Kier alpha value is -1.30. The van der Waals surface area contributed by atoms with Gasteiger partial charge < -0.3 is 4.98 Å². The molecule has 1 aromatic heterocycles. The van der Waals surface area contributed by atoms with E-state index in [4.69, 9.17) is 0 Å². The van der Waals surface area contributed by atoms with Gasteiger partial charge in [-0.25, -0.2) is 13.2 Å². The van der Waals surface area contributed by atoms with Crippen molar-refractivity contribution in [3.05, 3.63) is 43.9 Å². The number of nitrogens with one attached hydrogen (secondary N) is 1. The Morgan fingerprint density at radius 2 is 2.00 bits per heavy atom. The molecule has 2 nitrogen and oxygen atoms in total. The monoisotopic (exact) mass is 305 g/mol. The quantitative estimate of drug-likeness (QED) is 0.856. The van der Waals surface area contributed by atoms with Crippen molar-refractivity contribution in [2.24, 2.45) is 0 Å². The van der Waals surface area contributed by atoms with Gasteiger partial charge >= 0.3 is 0 Å². The molecule has 1 aromatic carbocycles. The van der Waals surface area contributed by atoms with Crippen LogP contribution in [0.3, 0.4) is 0 Å². The van der Waals surface area contributed by atoms with E-state index in [0.717, 1.165) is 6.07 Å². The van der Waals surface area contributed by atoms with Crippen LogP contribution in [0, 0.1) is 12.7 Å². The third kappa shape index (κ3) is 1.97. The highest BCUT2D eigenvalue weighted by molar-refractivity contribution is 9.10. The first-order valence-electron chi connectivity index (χ1n) is 4.71. The van der Waals surface area contributed by atoms with Crippen molar-refractivity contribution in [2.45, 2.75) is 13.3 Å². The molecule has 6 heteroatoms. The number of halogens is 4. The zero-order chi connectivity index (χ0) is 12.7. The minimum Gasteiger partial charge on any atom is -0.353 e. The highest BCUT2D eigenvalue weighted by Crippen LogP contribution is 2.27. The van der Waals surface area contributed by atoms with Crippen molar-refractivity contribution in [1.29, 1.82) is 0 Å². The third-order valence-electron chi connectivity index (χ3n) is 2.45. The van der Waals surface area contributed by atoms with Crippen LogP contribution in [0.4, 0.5) is 13.2 Å². The predicted molar refractivity (Wildman–Crippen MR) is 61.9 cm³/mol. The number of hydrogen-bond donors (Lipinski definition) is 1. The van der Waals surface area contributed by atoms with Gasteiger partial charge in [-0.3, -0.25) is 4.79 Å². The second-order valence-corrected chi connectivity index (χ2v) is 4.42. The SMILES string of the molecule is Cc1cc(F)c(Br)c2c(=O)cc(C(F)F)[nH]c12. The number of alkyl halides is 2. The molecule has 0 bridgehead atoms. The first-order chi connectivity index (χ1) is 7.91. The fourth-order valence-corrected chi connectivity index (χ4v) is 2.16. The normalized spacial score (nSPS) is 11.4. The van der Waals surface area contributed by atoms with E-state index >= 15 is 0 Å². The second kappa shape index (κ2) is 4.18. The van der Waals surface area contributed by atoms with Gasteiger partial charge in [0.25, 0.3) is 6.43 Å². The van der Waals surface area contributed by atoms with Crippen molar-refractivity contribution in [3.63, 3.8) is 0 Å². The highest BCUT2D eigenvalue weighted by Gasteiger charge is 2.16. The highest BCUT2D eigenvalue weighted by atomic mass is 79.9. The van der Waals surface area contributed by atoms with Crippen molar-refractivity contribution in [1.82, 2.24) is 4.98 Å². The number of aromatic amines is 1. The van der Waals surface area contributed by atoms with Gasteiger partial charge in [-0.1, -0.05) is 0 Å². The van der Waals surface area contributed by atoms with Gasteiger partial charge in [0.1, 0.15) is 5.82 Å². The molecule has 2 rings (SSSR count). The summed E-state index contributed by atoms with van der Waals surface area (Å²) in [7, 11) is 0. The molecule has 2 aromatic rings. The van der Waals surface area contributed by atoms with E-state index in [-0.39, 0.29) is 15.4 Å². The average molecular weight is 306 g/mol. The van der Waals surface area contributed by atoms with Crippen LogP contribution in [0.15, 0.2) is 21.4 Å². The van der Waals surface area contributed by atoms with Crippen LogP contribution < -0.4 is 5.43 Å². The van der Waals surface area contributed by atoms with Crippen LogP contribution >= 0.6 is 15.9 Å². The summed E-state index contributed by atoms with van der Waals surface area (Å²) in [5, 5.41) is 0.0481. The molecule has 0 unspecified atom stereocenters. The lowest BCUT2D eigenvalue weighted by Crippen LogP contribution is -2.08.